The van der Waals surface area contributed by atoms with Gasteiger partial charge in [-0.2, -0.15) is 5.10 Å². The fraction of sp³-hybridized carbons (Fsp3) is 0.167. The number of benzene rings is 2. The molecule has 0 radical (unpaired) electrons. The number of aromatic hydroxyl groups is 1. The molecule has 2 rings (SSSR count). The number of halogens is 2. The van der Waals surface area contributed by atoms with Crippen molar-refractivity contribution in [3.8, 4) is 11.5 Å². The molecule has 9 heteroatoms. The predicted octanol–water partition coefficient (Wildman–Crippen LogP) is 3.19. The Morgan fingerprint density at radius 1 is 1.26 bits per heavy atom. The second-order valence-electron chi connectivity index (χ2n) is 5.46. The summed E-state index contributed by atoms with van der Waals surface area (Å²) in [6.07, 6.45) is 1.28. The van der Waals surface area contributed by atoms with Gasteiger partial charge in [0, 0.05) is 14.5 Å². The van der Waals surface area contributed by atoms with Crippen molar-refractivity contribution in [1.82, 2.24) is 10.7 Å². The standard InChI is InChI=1S/C18H17Br2N3O4/c1-10(22-18(26)13-5-3-4-6-14(13)20)17(25)23-21-9-11-7-12(19)8-15(27-2)16(11)24/h3-10,24H,1-2H3,(H,22,26)(H,23,25). The van der Waals surface area contributed by atoms with Crippen LogP contribution in [0, 0.1) is 0 Å². The molecule has 142 valence electrons. The Labute approximate surface area is 173 Å². The van der Waals surface area contributed by atoms with Gasteiger partial charge in [0.05, 0.1) is 18.9 Å². The molecule has 0 aliphatic carbocycles. The minimum Gasteiger partial charge on any atom is -0.504 e. The molecule has 0 bridgehead atoms. The van der Waals surface area contributed by atoms with Crippen molar-refractivity contribution in [3.05, 3.63) is 56.5 Å². The number of hydrogen-bond donors (Lipinski definition) is 3. The lowest BCUT2D eigenvalue weighted by atomic mass is 10.2. The van der Waals surface area contributed by atoms with Gasteiger partial charge in [-0.1, -0.05) is 28.1 Å². The van der Waals surface area contributed by atoms with E-state index in [1.807, 2.05) is 0 Å². The maximum Gasteiger partial charge on any atom is 0.262 e. The molecule has 0 fully saturated rings. The third-order valence-electron chi connectivity index (χ3n) is 3.53. The van der Waals surface area contributed by atoms with Crippen LogP contribution >= 0.6 is 31.9 Å². The number of hydrazone groups is 1. The highest BCUT2D eigenvalue weighted by Gasteiger charge is 2.17. The van der Waals surface area contributed by atoms with Crippen LogP contribution in [-0.4, -0.2) is 36.3 Å². The number of ether oxygens (including phenoxy) is 1. The summed E-state index contributed by atoms with van der Waals surface area (Å²) in [6, 6.07) is 9.31. The summed E-state index contributed by atoms with van der Waals surface area (Å²) in [6.45, 7) is 1.54. The van der Waals surface area contributed by atoms with Gasteiger partial charge in [-0.25, -0.2) is 5.43 Å². The summed E-state index contributed by atoms with van der Waals surface area (Å²) < 4.78 is 6.36. The van der Waals surface area contributed by atoms with Gasteiger partial charge in [0.1, 0.15) is 6.04 Å². The van der Waals surface area contributed by atoms with Gasteiger partial charge >= 0.3 is 0 Å². The number of phenols is 1. The maximum absolute atomic E-state index is 12.2. The first-order valence-electron chi connectivity index (χ1n) is 7.78. The molecule has 0 saturated carbocycles. The van der Waals surface area contributed by atoms with Crippen LogP contribution in [0.25, 0.3) is 0 Å². The van der Waals surface area contributed by atoms with Crippen LogP contribution < -0.4 is 15.5 Å². The van der Waals surface area contributed by atoms with Crippen LogP contribution in [0.3, 0.4) is 0 Å². The zero-order chi connectivity index (χ0) is 20.0. The molecule has 0 aromatic heterocycles. The predicted molar refractivity (Wildman–Crippen MR) is 109 cm³/mol. The summed E-state index contributed by atoms with van der Waals surface area (Å²) in [5.41, 5.74) is 3.10. The second-order valence-corrected chi connectivity index (χ2v) is 7.23. The Morgan fingerprint density at radius 3 is 2.63 bits per heavy atom. The van der Waals surface area contributed by atoms with E-state index in [9.17, 15) is 14.7 Å². The third-order valence-corrected chi connectivity index (χ3v) is 4.68. The zero-order valence-electron chi connectivity index (χ0n) is 14.5. The third kappa shape index (κ3) is 5.54. The van der Waals surface area contributed by atoms with E-state index in [1.165, 1.54) is 13.3 Å². The van der Waals surface area contributed by atoms with E-state index in [0.717, 1.165) is 0 Å². The van der Waals surface area contributed by atoms with Gasteiger partial charge in [0.2, 0.25) is 0 Å². The van der Waals surface area contributed by atoms with Crippen molar-refractivity contribution in [2.45, 2.75) is 13.0 Å². The van der Waals surface area contributed by atoms with E-state index in [2.05, 4.69) is 47.7 Å². The number of nitrogens with one attached hydrogen (secondary N) is 2. The minimum absolute atomic E-state index is 0.103. The van der Waals surface area contributed by atoms with Gasteiger partial charge in [0.15, 0.2) is 11.5 Å². The van der Waals surface area contributed by atoms with Gasteiger partial charge in [-0.05, 0) is 47.1 Å². The quantitative estimate of drug-likeness (QED) is 0.420. The molecule has 2 aromatic rings. The van der Waals surface area contributed by atoms with E-state index in [1.54, 1.807) is 43.3 Å². The number of carbonyl (C=O) groups excluding carboxylic acids is 2. The number of rotatable bonds is 6. The highest BCUT2D eigenvalue weighted by molar-refractivity contribution is 9.10. The van der Waals surface area contributed by atoms with E-state index in [4.69, 9.17) is 4.74 Å². The van der Waals surface area contributed by atoms with Crippen LogP contribution in [0.4, 0.5) is 0 Å². The van der Waals surface area contributed by atoms with Crippen molar-refractivity contribution in [2.24, 2.45) is 5.10 Å². The van der Waals surface area contributed by atoms with Crippen molar-refractivity contribution < 1.29 is 19.4 Å². The number of methoxy groups -OCH3 is 1. The van der Waals surface area contributed by atoms with Crippen molar-refractivity contribution in [3.63, 3.8) is 0 Å². The topological polar surface area (TPSA) is 100 Å². The van der Waals surface area contributed by atoms with Gasteiger partial charge in [0.25, 0.3) is 11.8 Å². The Hall–Kier alpha value is -2.39. The Balaban J connectivity index is 1.99. The fourth-order valence-corrected chi connectivity index (χ4v) is 3.02. The molecular weight excluding hydrogens is 482 g/mol. The Morgan fingerprint density at radius 2 is 1.96 bits per heavy atom. The highest BCUT2D eigenvalue weighted by Crippen LogP contribution is 2.32. The summed E-state index contributed by atoms with van der Waals surface area (Å²) in [7, 11) is 1.43. The monoisotopic (exact) mass is 497 g/mol. The molecular formula is C18H17Br2N3O4. The van der Waals surface area contributed by atoms with Crippen molar-refractivity contribution in [1.29, 1.82) is 0 Å². The molecule has 0 spiro atoms. The number of phenolic OH excluding ortho intramolecular Hbond substituents is 1. The zero-order valence-corrected chi connectivity index (χ0v) is 17.7. The van der Waals surface area contributed by atoms with E-state index in [-0.39, 0.29) is 17.4 Å². The van der Waals surface area contributed by atoms with Gasteiger partial charge in [-0.3, -0.25) is 9.59 Å². The minimum atomic E-state index is -0.813. The summed E-state index contributed by atoms with van der Waals surface area (Å²) in [5.74, 6) is -0.725. The maximum atomic E-state index is 12.2. The first-order chi connectivity index (χ1) is 12.8. The molecule has 1 unspecified atom stereocenters. The second kappa shape index (κ2) is 9.52. The van der Waals surface area contributed by atoms with Crippen LogP contribution in [-0.2, 0) is 4.79 Å². The number of nitrogens with zero attached hydrogens (tertiary/aromatic N) is 1. The first-order valence-corrected chi connectivity index (χ1v) is 9.37. The molecule has 2 amide bonds. The molecule has 7 nitrogen and oxygen atoms in total. The number of amides is 2. The SMILES string of the molecule is COc1cc(Br)cc(C=NNC(=O)C(C)NC(=O)c2ccccc2Br)c1O. The largest absolute Gasteiger partial charge is 0.504 e. The lowest BCUT2D eigenvalue weighted by Gasteiger charge is -2.13. The fourth-order valence-electron chi connectivity index (χ4n) is 2.10. The molecule has 3 N–H and O–H groups in total. The molecule has 27 heavy (non-hydrogen) atoms. The van der Waals surface area contributed by atoms with Crippen LogP contribution in [0.2, 0.25) is 0 Å². The first kappa shape index (κ1) is 20.9. The molecule has 2 aromatic carbocycles. The van der Waals surface area contributed by atoms with Crippen LogP contribution in [0.5, 0.6) is 11.5 Å². The summed E-state index contributed by atoms with van der Waals surface area (Å²) >= 11 is 6.59. The molecule has 0 heterocycles. The smallest absolute Gasteiger partial charge is 0.262 e. The average Bonchev–Trinajstić information content (AvgIpc) is 2.64. The Kier molecular flexibility index (Phi) is 7.37. The number of hydrogen-bond acceptors (Lipinski definition) is 5. The van der Waals surface area contributed by atoms with Crippen LogP contribution in [0.1, 0.15) is 22.8 Å². The average molecular weight is 499 g/mol. The molecule has 0 aliphatic heterocycles. The molecule has 0 saturated heterocycles. The van der Waals surface area contributed by atoms with Crippen molar-refractivity contribution >= 4 is 49.9 Å². The summed E-state index contributed by atoms with van der Waals surface area (Å²) in [4.78, 5) is 24.3. The van der Waals surface area contributed by atoms with E-state index >= 15 is 0 Å². The van der Waals surface area contributed by atoms with Crippen molar-refractivity contribution in [2.75, 3.05) is 7.11 Å². The van der Waals surface area contributed by atoms with Gasteiger partial charge < -0.3 is 15.2 Å². The lowest BCUT2D eigenvalue weighted by Crippen LogP contribution is -2.43. The van der Waals surface area contributed by atoms with E-state index < -0.39 is 11.9 Å². The highest BCUT2D eigenvalue weighted by atomic mass is 79.9. The summed E-state index contributed by atoms with van der Waals surface area (Å²) in [5, 5.41) is 16.5. The number of carbonyl (C=O) groups is 2. The van der Waals surface area contributed by atoms with Gasteiger partial charge in [-0.15, -0.1) is 0 Å². The normalized spacial score (nSPS) is 11.9. The Bertz CT molecular complexity index is 887. The van der Waals surface area contributed by atoms with E-state index in [0.29, 0.717) is 20.1 Å². The van der Waals surface area contributed by atoms with Crippen LogP contribution in [0.15, 0.2) is 50.4 Å². The molecule has 1 atom stereocenters. The lowest BCUT2D eigenvalue weighted by molar-refractivity contribution is -0.122. The molecule has 0 aliphatic rings.